The van der Waals surface area contributed by atoms with Crippen LogP contribution in [0.1, 0.15) is 27.2 Å². The van der Waals surface area contributed by atoms with Crippen molar-refractivity contribution in [1.82, 2.24) is 4.98 Å². The van der Waals surface area contributed by atoms with Crippen molar-refractivity contribution in [2.24, 2.45) is 0 Å². The van der Waals surface area contributed by atoms with Crippen LogP contribution in [0.15, 0.2) is 18.2 Å². The quantitative estimate of drug-likeness (QED) is 0.880. The minimum absolute atomic E-state index is 0.0268. The third-order valence-electron chi connectivity index (χ3n) is 2.90. The number of aromatic nitrogens is 1. The number of rotatable bonds is 3. The summed E-state index contributed by atoms with van der Waals surface area (Å²) in [7, 11) is 0. The minimum atomic E-state index is -1.19. The molecule has 21 heavy (non-hydrogen) atoms. The molecule has 6 heteroatoms. The molecule has 1 aromatic heterocycles. The second-order valence-corrected chi connectivity index (χ2v) is 5.55. The molecule has 1 aromatic carbocycles. The lowest BCUT2D eigenvalue weighted by atomic mass is 10.1. The van der Waals surface area contributed by atoms with Gasteiger partial charge in [0.15, 0.2) is 0 Å². The van der Waals surface area contributed by atoms with E-state index in [1.165, 1.54) is 6.07 Å². The number of aromatic carboxylic acids is 1. The molecule has 1 heterocycles. The molecule has 0 aliphatic heterocycles. The molecule has 0 unspecified atom stereocenters. The van der Waals surface area contributed by atoms with Gasteiger partial charge in [0.05, 0.1) is 5.02 Å². The van der Waals surface area contributed by atoms with Crippen molar-refractivity contribution in [2.45, 2.75) is 20.8 Å². The second-order valence-electron chi connectivity index (χ2n) is 4.70. The van der Waals surface area contributed by atoms with E-state index in [9.17, 15) is 9.90 Å². The summed E-state index contributed by atoms with van der Waals surface area (Å²) in [6.45, 7) is 5.37. The first-order chi connectivity index (χ1) is 9.79. The molecule has 0 saturated heterocycles. The zero-order valence-corrected chi connectivity index (χ0v) is 13.2. The number of hydrogen-bond acceptors (Lipinski definition) is 3. The van der Waals surface area contributed by atoms with Gasteiger partial charge in [-0.2, -0.15) is 0 Å². The number of pyridine rings is 1. The lowest BCUT2D eigenvalue weighted by Gasteiger charge is -2.14. The Hall–Kier alpha value is -1.78. The van der Waals surface area contributed by atoms with Crippen LogP contribution in [0.25, 0.3) is 0 Å². The molecular formula is C15H13Cl2NO3. The van der Waals surface area contributed by atoms with Crippen molar-refractivity contribution < 1.29 is 14.6 Å². The Balaban J connectivity index is 2.57. The molecule has 0 atom stereocenters. The molecule has 2 rings (SSSR count). The molecule has 0 bridgehead atoms. The smallest absolute Gasteiger partial charge is 0.342 e. The highest BCUT2D eigenvalue weighted by atomic mass is 35.5. The van der Waals surface area contributed by atoms with E-state index in [0.717, 1.165) is 11.1 Å². The van der Waals surface area contributed by atoms with Gasteiger partial charge in [-0.15, -0.1) is 0 Å². The Morgan fingerprint density at radius 1 is 1.14 bits per heavy atom. The summed E-state index contributed by atoms with van der Waals surface area (Å²) in [5.74, 6) is -0.691. The molecular weight excluding hydrogens is 313 g/mol. The maximum atomic E-state index is 11.3. The monoisotopic (exact) mass is 325 g/mol. The third kappa shape index (κ3) is 3.28. The van der Waals surface area contributed by atoms with Crippen molar-refractivity contribution >= 4 is 29.2 Å². The predicted molar refractivity (Wildman–Crippen MR) is 81.9 cm³/mol. The highest BCUT2D eigenvalue weighted by Crippen LogP contribution is 2.34. The van der Waals surface area contributed by atoms with E-state index in [-0.39, 0.29) is 16.5 Å². The van der Waals surface area contributed by atoms with E-state index >= 15 is 0 Å². The van der Waals surface area contributed by atoms with Crippen LogP contribution in [-0.4, -0.2) is 16.1 Å². The summed E-state index contributed by atoms with van der Waals surface area (Å²) in [6, 6.07) is 4.96. The first-order valence-electron chi connectivity index (χ1n) is 6.14. The molecule has 0 saturated carbocycles. The highest BCUT2D eigenvalue weighted by Gasteiger charge is 2.20. The molecule has 0 aliphatic rings. The third-order valence-corrected chi connectivity index (χ3v) is 3.42. The van der Waals surface area contributed by atoms with Crippen LogP contribution in [0.4, 0.5) is 0 Å². The summed E-state index contributed by atoms with van der Waals surface area (Å²) in [4.78, 5) is 15.5. The van der Waals surface area contributed by atoms with Gasteiger partial charge in [0.25, 0.3) is 0 Å². The first-order valence-corrected chi connectivity index (χ1v) is 6.90. The molecule has 4 nitrogen and oxygen atoms in total. The van der Waals surface area contributed by atoms with Crippen molar-refractivity contribution in [3.8, 4) is 11.6 Å². The van der Waals surface area contributed by atoms with E-state index in [1.807, 2.05) is 13.8 Å². The lowest BCUT2D eigenvalue weighted by Crippen LogP contribution is -2.05. The lowest BCUT2D eigenvalue weighted by molar-refractivity contribution is 0.0693. The first kappa shape index (κ1) is 15.6. The van der Waals surface area contributed by atoms with Gasteiger partial charge in [0.2, 0.25) is 5.88 Å². The maximum Gasteiger partial charge on any atom is 0.342 e. The fraction of sp³-hybridized carbons (Fsp3) is 0.200. The van der Waals surface area contributed by atoms with Crippen LogP contribution in [0.5, 0.6) is 11.6 Å². The van der Waals surface area contributed by atoms with Crippen molar-refractivity contribution in [3.63, 3.8) is 0 Å². The van der Waals surface area contributed by atoms with Gasteiger partial charge in [-0.05, 0) is 50.1 Å². The Morgan fingerprint density at radius 2 is 1.71 bits per heavy atom. The Morgan fingerprint density at radius 3 is 2.24 bits per heavy atom. The second kappa shape index (κ2) is 5.92. The van der Waals surface area contributed by atoms with Crippen LogP contribution in [0.3, 0.4) is 0 Å². The molecule has 0 spiro atoms. The van der Waals surface area contributed by atoms with Crippen molar-refractivity contribution in [3.05, 3.63) is 50.6 Å². The molecule has 0 aliphatic carbocycles. The van der Waals surface area contributed by atoms with Gasteiger partial charge in [-0.1, -0.05) is 23.2 Å². The van der Waals surface area contributed by atoms with E-state index in [0.29, 0.717) is 16.5 Å². The highest BCUT2D eigenvalue weighted by molar-refractivity contribution is 6.33. The van der Waals surface area contributed by atoms with E-state index in [4.69, 9.17) is 27.9 Å². The number of hydrogen-bond donors (Lipinski definition) is 1. The minimum Gasteiger partial charge on any atom is -0.477 e. The fourth-order valence-corrected chi connectivity index (χ4v) is 2.68. The van der Waals surface area contributed by atoms with E-state index in [1.54, 1.807) is 19.1 Å². The number of aryl methyl sites for hydroxylation is 3. The molecule has 0 radical (unpaired) electrons. The zero-order valence-electron chi connectivity index (χ0n) is 11.7. The SMILES string of the molecule is Cc1cc(Cl)c(C(=O)O)c(Oc2c(C)cc(Cl)cc2C)n1. The number of carbonyl (C=O) groups is 1. The van der Waals surface area contributed by atoms with Gasteiger partial charge < -0.3 is 9.84 Å². The van der Waals surface area contributed by atoms with Crippen LogP contribution in [0.2, 0.25) is 10.0 Å². The topological polar surface area (TPSA) is 59.4 Å². The van der Waals surface area contributed by atoms with E-state index < -0.39 is 5.97 Å². The van der Waals surface area contributed by atoms with Crippen LogP contribution in [-0.2, 0) is 0 Å². The van der Waals surface area contributed by atoms with Crippen LogP contribution >= 0.6 is 23.2 Å². The fourth-order valence-electron chi connectivity index (χ4n) is 2.03. The average molecular weight is 326 g/mol. The number of carboxylic acids is 1. The van der Waals surface area contributed by atoms with Crippen LogP contribution < -0.4 is 4.74 Å². The summed E-state index contributed by atoms with van der Waals surface area (Å²) in [6.07, 6.45) is 0. The van der Waals surface area contributed by atoms with Crippen molar-refractivity contribution in [1.29, 1.82) is 0 Å². The summed E-state index contributed by atoms with van der Waals surface area (Å²) in [5, 5.41) is 9.95. The largest absolute Gasteiger partial charge is 0.477 e. The van der Waals surface area contributed by atoms with Gasteiger partial charge in [-0.25, -0.2) is 9.78 Å². The summed E-state index contributed by atoms with van der Waals surface area (Å²) < 4.78 is 5.71. The normalized spacial score (nSPS) is 10.5. The Labute approximate surface area is 132 Å². The maximum absolute atomic E-state index is 11.3. The number of halogens is 2. The van der Waals surface area contributed by atoms with Gasteiger partial charge in [0, 0.05) is 10.7 Å². The van der Waals surface area contributed by atoms with Crippen LogP contribution in [0, 0.1) is 20.8 Å². The molecule has 110 valence electrons. The number of ether oxygens (including phenoxy) is 1. The summed E-state index contributed by atoms with van der Waals surface area (Å²) in [5.41, 5.74) is 1.99. The Bertz CT molecular complexity index is 706. The van der Waals surface area contributed by atoms with Gasteiger partial charge >= 0.3 is 5.97 Å². The number of nitrogens with zero attached hydrogens (tertiary/aromatic N) is 1. The van der Waals surface area contributed by atoms with Gasteiger partial charge in [-0.3, -0.25) is 0 Å². The standard InChI is InChI=1S/C15H13Cl2NO3/c1-7-4-10(16)5-8(2)13(7)21-14-12(15(19)20)11(17)6-9(3)18-14/h4-6H,1-3H3,(H,19,20). The number of benzene rings is 1. The van der Waals surface area contributed by atoms with E-state index in [2.05, 4.69) is 4.98 Å². The zero-order chi connectivity index (χ0) is 15.7. The molecule has 1 N–H and O–H groups in total. The molecule has 0 amide bonds. The Kier molecular flexibility index (Phi) is 4.40. The average Bonchev–Trinajstić information content (AvgIpc) is 2.32. The number of carboxylic acid groups (broad SMARTS) is 1. The predicted octanol–water partition coefficient (Wildman–Crippen LogP) is 4.80. The van der Waals surface area contributed by atoms with Crippen molar-refractivity contribution in [2.75, 3.05) is 0 Å². The molecule has 2 aromatic rings. The molecule has 0 fully saturated rings. The van der Waals surface area contributed by atoms with Gasteiger partial charge in [0.1, 0.15) is 11.3 Å². The summed E-state index contributed by atoms with van der Waals surface area (Å²) >= 11 is 11.9.